The molecule has 4 nitrogen and oxygen atoms in total. The predicted molar refractivity (Wildman–Crippen MR) is 166 cm³/mol. The fraction of sp³-hybridized carbons (Fsp3) is 0.111. The minimum atomic E-state index is 0.193. The molecule has 4 aromatic carbocycles. The number of rotatable bonds is 12. The first-order valence-corrected chi connectivity index (χ1v) is 13.0. The summed E-state index contributed by atoms with van der Waals surface area (Å²) in [6, 6.07) is 26.9. The molecule has 4 heteroatoms. The number of hydrogen-bond acceptors (Lipinski definition) is 4. The summed E-state index contributed by atoms with van der Waals surface area (Å²) in [5, 5.41) is 20.7. The third-order valence-electron chi connectivity index (χ3n) is 6.04. The first-order valence-electron chi connectivity index (χ1n) is 13.0. The van der Waals surface area contributed by atoms with Crippen molar-refractivity contribution in [3.63, 3.8) is 0 Å². The molecule has 0 aromatic heterocycles. The van der Waals surface area contributed by atoms with E-state index in [0.717, 1.165) is 33.8 Å². The van der Waals surface area contributed by atoms with Gasteiger partial charge >= 0.3 is 0 Å². The first-order chi connectivity index (χ1) is 19.5. The van der Waals surface area contributed by atoms with Crippen LogP contribution >= 0.6 is 0 Å². The van der Waals surface area contributed by atoms with Crippen LogP contribution in [-0.2, 0) is 12.8 Å². The molecule has 0 amide bonds. The smallest absolute Gasteiger partial charge is 0.127 e. The molecule has 2 N–H and O–H groups in total. The van der Waals surface area contributed by atoms with Gasteiger partial charge in [-0.1, -0.05) is 110 Å². The Bertz CT molecular complexity index is 1340. The van der Waals surface area contributed by atoms with Crippen molar-refractivity contribution < 1.29 is 19.7 Å². The van der Waals surface area contributed by atoms with Gasteiger partial charge in [-0.2, -0.15) is 0 Å². The summed E-state index contributed by atoms with van der Waals surface area (Å²) >= 11 is 0. The number of phenols is 2. The molecule has 0 spiro atoms. The molecule has 0 aliphatic rings. The molecule has 0 atom stereocenters. The van der Waals surface area contributed by atoms with Crippen LogP contribution < -0.4 is 9.47 Å². The SMILES string of the molecule is C=CCOc1ccccc1-c1ccccc1OCC=C.C=CCc1cccc(-c2cccc(CC=C)c2O)c1O. The maximum absolute atomic E-state index is 10.3. The van der Waals surface area contributed by atoms with Gasteiger partial charge in [-0.15, -0.1) is 13.2 Å². The standard InChI is InChI=1S/2C18H18O2/c1-3-13-19-17-11-7-5-9-15(17)16-10-6-8-12-18(16)20-14-4-2;1-3-7-13-9-5-11-15(17(13)19)16-12-6-10-14(8-4-2)18(16)20/h3-12H,1-2,13-14H2;3-6,9-12,19-20H,1-2,7-8H2. The van der Waals surface area contributed by atoms with E-state index in [-0.39, 0.29) is 11.5 Å². The van der Waals surface area contributed by atoms with Crippen LogP contribution in [0.3, 0.4) is 0 Å². The van der Waals surface area contributed by atoms with E-state index in [2.05, 4.69) is 26.3 Å². The van der Waals surface area contributed by atoms with Gasteiger partial charge in [0, 0.05) is 22.3 Å². The highest BCUT2D eigenvalue weighted by Crippen LogP contribution is 2.39. The van der Waals surface area contributed by atoms with Gasteiger partial charge in [0.25, 0.3) is 0 Å². The largest absolute Gasteiger partial charge is 0.507 e. The molecule has 40 heavy (non-hydrogen) atoms. The summed E-state index contributed by atoms with van der Waals surface area (Å²) in [4.78, 5) is 0. The van der Waals surface area contributed by atoms with E-state index in [1.165, 1.54) is 0 Å². The highest BCUT2D eigenvalue weighted by molar-refractivity contribution is 5.78. The van der Waals surface area contributed by atoms with Gasteiger partial charge in [0.05, 0.1) is 0 Å². The average molecular weight is 533 g/mol. The van der Waals surface area contributed by atoms with E-state index in [9.17, 15) is 10.2 Å². The van der Waals surface area contributed by atoms with Gasteiger partial charge in [0.15, 0.2) is 0 Å². The van der Waals surface area contributed by atoms with Crippen molar-refractivity contribution in [3.8, 4) is 45.3 Å². The zero-order valence-electron chi connectivity index (χ0n) is 22.8. The molecule has 0 saturated heterocycles. The number of phenolic OH excluding ortho intramolecular Hbond substituents is 2. The quantitative estimate of drug-likeness (QED) is 0.179. The number of para-hydroxylation sites is 4. The number of benzene rings is 4. The topological polar surface area (TPSA) is 58.9 Å². The van der Waals surface area contributed by atoms with Crippen molar-refractivity contribution in [1.29, 1.82) is 0 Å². The Morgan fingerprint density at radius 1 is 0.475 bits per heavy atom. The van der Waals surface area contributed by atoms with Crippen LogP contribution in [0.15, 0.2) is 136 Å². The highest BCUT2D eigenvalue weighted by atomic mass is 16.5. The van der Waals surface area contributed by atoms with Gasteiger partial charge in [-0.25, -0.2) is 0 Å². The van der Waals surface area contributed by atoms with E-state index < -0.39 is 0 Å². The van der Waals surface area contributed by atoms with Gasteiger partial charge < -0.3 is 19.7 Å². The maximum Gasteiger partial charge on any atom is 0.127 e. The molecule has 0 fully saturated rings. The van der Waals surface area contributed by atoms with Gasteiger partial charge in [-0.05, 0) is 36.1 Å². The second-order valence-electron chi connectivity index (χ2n) is 8.80. The minimum absolute atomic E-state index is 0.193. The maximum atomic E-state index is 10.3. The molecule has 0 bridgehead atoms. The highest BCUT2D eigenvalue weighted by Gasteiger charge is 2.14. The Labute approximate surface area is 237 Å². The van der Waals surface area contributed by atoms with Crippen molar-refractivity contribution in [1.82, 2.24) is 0 Å². The lowest BCUT2D eigenvalue weighted by Crippen LogP contribution is -1.98. The fourth-order valence-corrected chi connectivity index (χ4v) is 4.19. The number of hydrogen-bond donors (Lipinski definition) is 2. The summed E-state index contributed by atoms with van der Waals surface area (Å²) in [6.45, 7) is 15.7. The third kappa shape index (κ3) is 7.55. The second-order valence-corrected chi connectivity index (χ2v) is 8.80. The Kier molecular flexibility index (Phi) is 11.4. The average Bonchev–Trinajstić information content (AvgIpc) is 2.98. The first kappa shape index (κ1) is 29.6. The summed E-state index contributed by atoms with van der Waals surface area (Å²) in [7, 11) is 0. The third-order valence-corrected chi connectivity index (χ3v) is 6.04. The Morgan fingerprint density at radius 3 is 1.23 bits per heavy atom. The molecular weight excluding hydrogens is 496 g/mol. The van der Waals surface area contributed by atoms with E-state index in [1.807, 2.05) is 72.8 Å². The van der Waals surface area contributed by atoms with Gasteiger partial charge in [0.2, 0.25) is 0 Å². The van der Waals surface area contributed by atoms with E-state index in [4.69, 9.17) is 9.47 Å². The monoisotopic (exact) mass is 532 g/mol. The zero-order chi connectivity index (χ0) is 28.7. The van der Waals surface area contributed by atoms with Crippen molar-refractivity contribution in [2.75, 3.05) is 13.2 Å². The Balaban J connectivity index is 0.000000220. The lowest BCUT2D eigenvalue weighted by molar-refractivity contribution is 0.359. The Hall–Kier alpha value is -4.96. The fourth-order valence-electron chi connectivity index (χ4n) is 4.19. The Morgan fingerprint density at radius 2 is 0.850 bits per heavy atom. The number of allylic oxidation sites excluding steroid dienone is 2. The van der Waals surface area contributed by atoms with Gasteiger partial charge in [0.1, 0.15) is 36.2 Å². The molecule has 0 unspecified atom stereocenters. The normalized spacial score (nSPS) is 10.0. The molecule has 0 radical (unpaired) electrons. The molecule has 4 rings (SSSR count). The summed E-state index contributed by atoms with van der Waals surface area (Å²) in [5.41, 5.74) is 4.88. The van der Waals surface area contributed by atoms with Crippen LogP contribution in [-0.4, -0.2) is 23.4 Å². The summed E-state index contributed by atoms with van der Waals surface area (Å²) in [6.07, 6.45) is 8.13. The molecule has 0 heterocycles. The summed E-state index contributed by atoms with van der Waals surface area (Å²) < 4.78 is 11.4. The predicted octanol–water partition coefficient (Wildman–Crippen LogP) is 8.71. The molecular formula is C36H36O4. The van der Waals surface area contributed by atoms with Crippen molar-refractivity contribution in [2.45, 2.75) is 12.8 Å². The van der Waals surface area contributed by atoms with Crippen LogP contribution in [0.2, 0.25) is 0 Å². The van der Waals surface area contributed by atoms with Crippen LogP contribution in [0.5, 0.6) is 23.0 Å². The lowest BCUT2D eigenvalue weighted by atomic mass is 9.96. The number of aromatic hydroxyl groups is 2. The minimum Gasteiger partial charge on any atom is -0.507 e. The van der Waals surface area contributed by atoms with Crippen LogP contribution in [0, 0.1) is 0 Å². The summed E-state index contributed by atoms with van der Waals surface area (Å²) in [5.74, 6) is 2.03. The zero-order valence-corrected chi connectivity index (χ0v) is 22.8. The van der Waals surface area contributed by atoms with E-state index in [0.29, 0.717) is 37.2 Å². The van der Waals surface area contributed by atoms with Crippen molar-refractivity contribution >= 4 is 0 Å². The molecule has 204 valence electrons. The van der Waals surface area contributed by atoms with Gasteiger partial charge in [-0.3, -0.25) is 0 Å². The van der Waals surface area contributed by atoms with E-state index in [1.54, 1.807) is 36.4 Å². The van der Waals surface area contributed by atoms with E-state index >= 15 is 0 Å². The molecule has 0 saturated carbocycles. The molecule has 0 aliphatic heterocycles. The number of ether oxygens (including phenoxy) is 2. The van der Waals surface area contributed by atoms with Crippen molar-refractivity contribution in [2.24, 2.45) is 0 Å². The van der Waals surface area contributed by atoms with Crippen molar-refractivity contribution in [3.05, 3.63) is 147 Å². The van der Waals surface area contributed by atoms with Crippen LogP contribution in [0.25, 0.3) is 22.3 Å². The molecule has 0 aliphatic carbocycles. The second kappa shape index (κ2) is 15.5. The van der Waals surface area contributed by atoms with Crippen LogP contribution in [0.4, 0.5) is 0 Å². The lowest BCUT2D eigenvalue weighted by Gasteiger charge is -2.14. The molecule has 4 aromatic rings. The van der Waals surface area contributed by atoms with Crippen LogP contribution in [0.1, 0.15) is 11.1 Å².